The lowest BCUT2D eigenvalue weighted by Crippen LogP contribution is -2.49. The maximum Gasteiger partial charge on any atom is 0.343 e. The van der Waals surface area contributed by atoms with Crippen LogP contribution < -0.4 is 16.2 Å². The third-order valence-electron chi connectivity index (χ3n) is 6.91. The number of ether oxygens (including phenoxy) is 1. The van der Waals surface area contributed by atoms with Gasteiger partial charge >= 0.3 is 6.03 Å². The summed E-state index contributed by atoms with van der Waals surface area (Å²) in [5.74, 6) is -2.89. The highest BCUT2D eigenvalue weighted by atomic mass is 16.8. The molecule has 2 aliphatic heterocycles. The first kappa shape index (κ1) is 28.3. The molecule has 5 amide bonds. The van der Waals surface area contributed by atoms with Crippen LogP contribution in [-0.2, 0) is 29.7 Å². The van der Waals surface area contributed by atoms with E-state index in [1.165, 1.54) is 0 Å². The minimum absolute atomic E-state index is 0.0218. The van der Waals surface area contributed by atoms with Crippen molar-refractivity contribution in [2.24, 2.45) is 11.8 Å². The van der Waals surface area contributed by atoms with Gasteiger partial charge in [-0.25, -0.2) is 15.1 Å². The molecule has 208 valence electrons. The number of imide groups is 1. The van der Waals surface area contributed by atoms with Gasteiger partial charge in [0.05, 0.1) is 6.61 Å². The first-order chi connectivity index (χ1) is 18.8. The quantitative estimate of drug-likeness (QED) is 0.296. The molecule has 2 saturated heterocycles. The highest BCUT2D eigenvalue weighted by molar-refractivity contribution is 6.03. The predicted octanol–water partition coefficient (Wildman–Crippen LogP) is 3.78. The average Bonchev–Trinajstić information content (AvgIpc) is 3.27. The summed E-state index contributed by atoms with van der Waals surface area (Å²) in [7, 11) is 0. The molecular weight excluding hydrogens is 500 g/mol. The topological polar surface area (TPSA) is 126 Å². The van der Waals surface area contributed by atoms with Crippen molar-refractivity contribution in [1.82, 2.24) is 21.2 Å². The number of carbonyl (C=O) groups is 4. The van der Waals surface area contributed by atoms with E-state index in [0.717, 1.165) is 29.5 Å². The van der Waals surface area contributed by atoms with Crippen molar-refractivity contribution in [3.8, 4) is 11.1 Å². The number of nitrogens with one attached hydrogen (secondary N) is 3. The molecule has 0 radical (unpaired) electrons. The van der Waals surface area contributed by atoms with E-state index < -0.39 is 29.6 Å². The van der Waals surface area contributed by atoms with Crippen LogP contribution in [0.2, 0.25) is 0 Å². The Hall–Kier alpha value is -3.76. The molecule has 2 atom stereocenters. The molecule has 0 bridgehead atoms. The van der Waals surface area contributed by atoms with E-state index >= 15 is 0 Å². The first-order valence-electron chi connectivity index (χ1n) is 13.5. The minimum Gasteiger partial charge on any atom is -0.344 e. The monoisotopic (exact) mass is 536 g/mol. The molecule has 4 rings (SSSR count). The van der Waals surface area contributed by atoms with E-state index in [0.29, 0.717) is 24.5 Å². The van der Waals surface area contributed by atoms with Crippen LogP contribution in [0.4, 0.5) is 4.79 Å². The molecule has 3 N–H and O–H groups in total. The third kappa shape index (κ3) is 7.21. The number of nitrogens with zero attached hydrogens (tertiary/aromatic N) is 1. The lowest BCUT2D eigenvalue weighted by atomic mass is 9.92. The summed E-state index contributed by atoms with van der Waals surface area (Å²) >= 11 is 0. The molecule has 0 aliphatic carbocycles. The molecular formula is C29H36N4O6. The summed E-state index contributed by atoms with van der Waals surface area (Å²) in [5.41, 5.74) is 7.92. The summed E-state index contributed by atoms with van der Waals surface area (Å²) in [6, 6.07) is 17.3. The molecule has 2 aliphatic rings. The number of amides is 5. The molecule has 2 aromatic rings. The molecule has 39 heavy (non-hydrogen) atoms. The Bertz CT molecular complexity index is 1150. The largest absolute Gasteiger partial charge is 0.344 e. The number of hydroxylamine groups is 1. The van der Waals surface area contributed by atoms with Crippen LogP contribution in [0.25, 0.3) is 11.1 Å². The third-order valence-corrected chi connectivity index (χ3v) is 6.91. The normalized spacial score (nSPS) is 20.0. The van der Waals surface area contributed by atoms with Gasteiger partial charge in [-0.05, 0) is 42.7 Å². The molecule has 0 spiro atoms. The Labute approximate surface area is 228 Å². The molecule has 0 saturated carbocycles. The Balaban J connectivity index is 1.37. The van der Waals surface area contributed by atoms with E-state index in [1.54, 1.807) is 0 Å². The number of urea groups is 1. The van der Waals surface area contributed by atoms with Crippen molar-refractivity contribution in [1.29, 1.82) is 0 Å². The standard InChI is InChI=1S/C29H36N4O6/c1-20(2)18-23(27(36)31-33-26(35)19-30-28(33)37)12-15-25(34)32-39-29(16-6-7-17-38-29)24-13-10-22(11-14-24)21-8-4-3-5-9-21/h3-5,8-11,13-14,20,23H,6-7,12,15-19H2,1-2H3,(H,30,37)(H,31,36)(H,32,34)/t23-,29+/m1/s1. The summed E-state index contributed by atoms with van der Waals surface area (Å²) in [6.07, 6.45) is 3.11. The second-order valence-electron chi connectivity index (χ2n) is 10.4. The van der Waals surface area contributed by atoms with Crippen molar-refractivity contribution < 1.29 is 28.8 Å². The van der Waals surface area contributed by atoms with Gasteiger partial charge in [-0.1, -0.05) is 68.4 Å². The highest BCUT2D eigenvalue weighted by Gasteiger charge is 2.38. The van der Waals surface area contributed by atoms with Gasteiger partial charge in [0.15, 0.2) is 0 Å². The van der Waals surface area contributed by atoms with E-state index in [4.69, 9.17) is 9.57 Å². The average molecular weight is 537 g/mol. The fourth-order valence-electron chi connectivity index (χ4n) is 4.84. The van der Waals surface area contributed by atoms with Crippen molar-refractivity contribution in [2.75, 3.05) is 13.2 Å². The molecule has 2 fully saturated rings. The fourth-order valence-corrected chi connectivity index (χ4v) is 4.84. The maximum atomic E-state index is 12.8. The minimum atomic E-state index is -1.10. The van der Waals surface area contributed by atoms with Crippen LogP contribution in [-0.4, -0.2) is 41.9 Å². The SMILES string of the molecule is CC(C)C[C@@H](CCC(=O)NO[C@]1(c2ccc(-c3ccccc3)cc2)CCCCO1)C(=O)NN1C(=O)CNC1=O. The Morgan fingerprint density at radius 1 is 1.05 bits per heavy atom. The zero-order valence-corrected chi connectivity index (χ0v) is 22.4. The van der Waals surface area contributed by atoms with Gasteiger partial charge in [0, 0.05) is 24.3 Å². The van der Waals surface area contributed by atoms with Gasteiger partial charge in [-0.15, -0.1) is 0 Å². The summed E-state index contributed by atoms with van der Waals surface area (Å²) < 4.78 is 6.08. The molecule has 10 heteroatoms. The lowest BCUT2D eigenvalue weighted by molar-refractivity contribution is -0.290. The lowest BCUT2D eigenvalue weighted by Gasteiger charge is -2.36. The smallest absolute Gasteiger partial charge is 0.343 e. The maximum absolute atomic E-state index is 12.8. The fraction of sp³-hybridized carbons (Fsp3) is 0.448. The summed E-state index contributed by atoms with van der Waals surface area (Å²) in [5, 5.41) is 3.05. The van der Waals surface area contributed by atoms with E-state index in [2.05, 4.69) is 16.2 Å². The first-order valence-corrected chi connectivity index (χ1v) is 13.5. The number of hydrogen-bond acceptors (Lipinski definition) is 6. The van der Waals surface area contributed by atoms with Crippen LogP contribution >= 0.6 is 0 Å². The zero-order chi connectivity index (χ0) is 27.8. The van der Waals surface area contributed by atoms with Gasteiger partial charge in [0.2, 0.25) is 17.6 Å². The molecule has 2 heterocycles. The molecule has 0 unspecified atom stereocenters. The number of carbonyl (C=O) groups excluding carboxylic acids is 4. The van der Waals surface area contributed by atoms with Crippen LogP contribution in [0, 0.1) is 11.8 Å². The van der Waals surface area contributed by atoms with Gasteiger partial charge in [0.1, 0.15) is 6.54 Å². The number of benzene rings is 2. The van der Waals surface area contributed by atoms with Gasteiger partial charge < -0.3 is 10.1 Å². The Kier molecular flexibility index (Phi) is 9.32. The van der Waals surface area contributed by atoms with Crippen molar-refractivity contribution in [3.63, 3.8) is 0 Å². The van der Waals surface area contributed by atoms with Crippen molar-refractivity contribution in [3.05, 3.63) is 60.2 Å². The van der Waals surface area contributed by atoms with E-state index in [1.807, 2.05) is 68.4 Å². The van der Waals surface area contributed by atoms with Crippen molar-refractivity contribution >= 4 is 23.8 Å². The van der Waals surface area contributed by atoms with Crippen LogP contribution in [0.15, 0.2) is 54.6 Å². The van der Waals surface area contributed by atoms with E-state index in [9.17, 15) is 19.2 Å². The van der Waals surface area contributed by atoms with Gasteiger partial charge in [0.25, 0.3) is 5.91 Å². The Morgan fingerprint density at radius 2 is 1.77 bits per heavy atom. The van der Waals surface area contributed by atoms with Crippen molar-refractivity contribution in [2.45, 2.75) is 58.2 Å². The number of hydrazine groups is 1. The van der Waals surface area contributed by atoms with Gasteiger partial charge in [-0.3, -0.25) is 19.8 Å². The molecule has 0 aromatic heterocycles. The van der Waals surface area contributed by atoms with Crippen LogP contribution in [0.5, 0.6) is 0 Å². The van der Waals surface area contributed by atoms with Gasteiger partial charge in [-0.2, -0.15) is 5.01 Å². The predicted molar refractivity (Wildman–Crippen MR) is 143 cm³/mol. The summed E-state index contributed by atoms with van der Waals surface area (Å²) in [4.78, 5) is 55.2. The van der Waals surface area contributed by atoms with Crippen LogP contribution in [0.3, 0.4) is 0 Å². The van der Waals surface area contributed by atoms with Crippen LogP contribution in [0.1, 0.15) is 57.9 Å². The summed E-state index contributed by atoms with van der Waals surface area (Å²) in [6.45, 7) is 4.27. The van der Waals surface area contributed by atoms with E-state index in [-0.39, 0.29) is 31.2 Å². The second kappa shape index (κ2) is 12.9. The molecule has 2 aromatic carbocycles. The number of rotatable bonds is 11. The highest BCUT2D eigenvalue weighted by Crippen LogP contribution is 2.36. The Morgan fingerprint density at radius 3 is 2.38 bits per heavy atom. The number of hydrogen-bond donors (Lipinski definition) is 3. The zero-order valence-electron chi connectivity index (χ0n) is 22.4. The molecule has 10 nitrogen and oxygen atoms in total. The second-order valence-corrected chi connectivity index (χ2v) is 10.4.